The van der Waals surface area contributed by atoms with Crippen LogP contribution in [0.3, 0.4) is 0 Å². The smallest absolute Gasteiger partial charge is 0.325 e. The van der Waals surface area contributed by atoms with E-state index in [1.807, 2.05) is 31.2 Å². The molecule has 0 radical (unpaired) electrons. The van der Waals surface area contributed by atoms with Gasteiger partial charge in [-0.1, -0.05) is 29.8 Å². The Kier molecular flexibility index (Phi) is 5.03. The highest BCUT2D eigenvalue weighted by Gasteiger charge is 2.37. The molecule has 4 heteroatoms. The number of methoxy groups -OCH3 is 1. The maximum absolute atomic E-state index is 12.8. The SMILES string of the molecule is COC(=O)CN(Cc1ccccc1C)C(=O)C=C(C1CC1)C1CC1. The van der Waals surface area contributed by atoms with E-state index in [2.05, 4.69) is 0 Å². The molecular formula is C20H25NO3. The van der Waals surface area contributed by atoms with Gasteiger partial charge in [-0.05, 0) is 55.6 Å². The van der Waals surface area contributed by atoms with Crippen molar-refractivity contribution in [1.82, 2.24) is 4.90 Å². The summed E-state index contributed by atoms with van der Waals surface area (Å²) < 4.78 is 4.77. The number of hydrogen-bond donors (Lipinski definition) is 0. The van der Waals surface area contributed by atoms with E-state index in [1.54, 1.807) is 11.0 Å². The van der Waals surface area contributed by atoms with Crippen molar-refractivity contribution in [3.63, 3.8) is 0 Å². The highest BCUT2D eigenvalue weighted by atomic mass is 16.5. The van der Waals surface area contributed by atoms with Crippen LogP contribution in [0.15, 0.2) is 35.9 Å². The summed E-state index contributed by atoms with van der Waals surface area (Å²) in [5, 5.41) is 0. The van der Waals surface area contributed by atoms with Crippen molar-refractivity contribution in [1.29, 1.82) is 0 Å². The van der Waals surface area contributed by atoms with E-state index >= 15 is 0 Å². The first-order valence-corrected chi connectivity index (χ1v) is 8.70. The van der Waals surface area contributed by atoms with E-state index in [9.17, 15) is 9.59 Å². The Morgan fingerprint density at radius 2 is 1.79 bits per heavy atom. The van der Waals surface area contributed by atoms with Gasteiger partial charge in [-0.15, -0.1) is 0 Å². The minimum atomic E-state index is -0.385. The van der Waals surface area contributed by atoms with Crippen molar-refractivity contribution < 1.29 is 14.3 Å². The number of rotatable bonds is 7. The number of benzene rings is 1. The van der Waals surface area contributed by atoms with E-state index in [-0.39, 0.29) is 18.4 Å². The predicted octanol–water partition coefficient (Wildman–Crippen LogP) is 3.24. The molecular weight excluding hydrogens is 302 g/mol. The summed E-state index contributed by atoms with van der Waals surface area (Å²) in [5.41, 5.74) is 3.48. The van der Waals surface area contributed by atoms with Crippen molar-refractivity contribution in [2.45, 2.75) is 39.2 Å². The average Bonchev–Trinajstić information content (AvgIpc) is 3.47. The van der Waals surface area contributed by atoms with Gasteiger partial charge in [0.1, 0.15) is 6.54 Å². The van der Waals surface area contributed by atoms with Crippen LogP contribution in [-0.2, 0) is 20.9 Å². The lowest BCUT2D eigenvalue weighted by atomic mass is 10.0. The van der Waals surface area contributed by atoms with Gasteiger partial charge in [0.15, 0.2) is 0 Å². The second-order valence-electron chi connectivity index (χ2n) is 6.89. The van der Waals surface area contributed by atoms with Gasteiger partial charge < -0.3 is 9.64 Å². The Morgan fingerprint density at radius 1 is 1.17 bits per heavy atom. The van der Waals surface area contributed by atoms with Crippen LogP contribution in [-0.4, -0.2) is 30.4 Å². The van der Waals surface area contributed by atoms with Crippen molar-refractivity contribution in [3.05, 3.63) is 47.0 Å². The Morgan fingerprint density at radius 3 is 2.33 bits per heavy atom. The normalized spacial score (nSPS) is 16.4. The number of amides is 1. The molecule has 1 aromatic carbocycles. The molecule has 128 valence electrons. The maximum atomic E-state index is 12.8. The minimum absolute atomic E-state index is 0.0111. The first-order valence-electron chi connectivity index (χ1n) is 8.70. The van der Waals surface area contributed by atoms with Gasteiger partial charge >= 0.3 is 5.97 Å². The highest BCUT2D eigenvalue weighted by Crippen LogP contribution is 2.48. The fraction of sp³-hybridized carbons (Fsp3) is 0.500. The van der Waals surface area contributed by atoms with Gasteiger partial charge in [0.2, 0.25) is 5.91 Å². The standard InChI is InChI=1S/C20H25NO3/c1-14-5-3-4-6-17(14)12-21(13-20(23)24-2)19(22)11-18(15-7-8-15)16-9-10-16/h3-6,11,15-16H,7-10,12-13H2,1-2H3. The largest absolute Gasteiger partial charge is 0.468 e. The molecule has 0 heterocycles. The molecule has 4 nitrogen and oxygen atoms in total. The monoisotopic (exact) mass is 327 g/mol. The molecule has 2 aliphatic rings. The van der Waals surface area contributed by atoms with Gasteiger partial charge in [-0.3, -0.25) is 9.59 Å². The molecule has 1 aromatic rings. The Hall–Kier alpha value is -2.10. The molecule has 24 heavy (non-hydrogen) atoms. The molecule has 2 fully saturated rings. The Balaban J connectivity index is 1.78. The second kappa shape index (κ2) is 7.20. The zero-order chi connectivity index (χ0) is 17.1. The second-order valence-corrected chi connectivity index (χ2v) is 6.89. The van der Waals surface area contributed by atoms with Crippen LogP contribution in [0.4, 0.5) is 0 Å². The third-order valence-electron chi connectivity index (χ3n) is 4.87. The van der Waals surface area contributed by atoms with Crippen LogP contribution in [0, 0.1) is 18.8 Å². The van der Waals surface area contributed by atoms with E-state index < -0.39 is 0 Å². The fourth-order valence-corrected chi connectivity index (χ4v) is 3.06. The first kappa shape index (κ1) is 16.7. The van der Waals surface area contributed by atoms with Gasteiger partial charge in [0, 0.05) is 12.6 Å². The van der Waals surface area contributed by atoms with Crippen molar-refractivity contribution in [3.8, 4) is 0 Å². The van der Waals surface area contributed by atoms with Crippen LogP contribution < -0.4 is 0 Å². The summed E-state index contributed by atoms with van der Waals surface area (Å²) in [7, 11) is 1.36. The molecule has 2 aliphatic carbocycles. The van der Waals surface area contributed by atoms with Gasteiger partial charge in [-0.25, -0.2) is 0 Å². The molecule has 0 spiro atoms. The third kappa shape index (κ3) is 4.25. The molecule has 0 bridgehead atoms. The zero-order valence-electron chi connectivity index (χ0n) is 14.5. The number of carbonyl (C=O) groups excluding carboxylic acids is 2. The van der Waals surface area contributed by atoms with Crippen LogP contribution >= 0.6 is 0 Å². The predicted molar refractivity (Wildman–Crippen MR) is 92.1 cm³/mol. The summed E-state index contributed by atoms with van der Waals surface area (Å²) in [4.78, 5) is 26.2. The molecule has 0 atom stereocenters. The molecule has 0 saturated heterocycles. The fourth-order valence-electron chi connectivity index (χ4n) is 3.06. The zero-order valence-corrected chi connectivity index (χ0v) is 14.5. The molecule has 0 aliphatic heterocycles. The number of ether oxygens (including phenoxy) is 1. The van der Waals surface area contributed by atoms with E-state index in [0.717, 1.165) is 11.1 Å². The number of aryl methyl sites for hydroxylation is 1. The van der Waals surface area contributed by atoms with Gasteiger partial charge in [-0.2, -0.15) is 0 Å². The molecule has 0 unspecified atom stereocenters. The number of carbonyl (C=O) groups is 2. The molecule has 2 saturated carbocycles. The summed E-state index contributed by atoms with van der Waals surface area (Å²) in [6.45, 7) is 2.44. The number of hydrogen-bond acceptors (Lipinski definition) is 3. The van der Waals surface area contributed by atoms with Gasteiger partial charge in [0.25, 0.3) is 0 Å². The first-order chi connectivity index (χ1) is 11.6. The lowest BCUT2D eigenvalue weighted by molar-refractivity contribution is -0.145. The van der Waals surface area contributed by atoms with E-state index in [4.69, 9.17) is 4.74 Å². The molecule has 0 N–H and O–H groups in total. The van der Waals surface area contributed by atoms with Gasteiger partial charge in [0.05, 0.1) is 7.11 Å². The highest BCUT2D eigenvalue weighted by molar-refractivity contribution is 5.91. The number of allylic oxidation sites excluding steroid dienone is 1. The summed E-state index contributed by atoms with van der Waals surface area (Å²) >= 11 is 0. The quantitative estimate of drug-likeness (QED) is 0.570. The lowest BCUT2D eigenvalue weighted by Gasteiger charge is -2.22. The summed E-state index contributed by atoms with van der Waals surface area (Å²) in [6, 6.07) is 7.95. The van der Waals surface area contributed by atoms with Crippen LogP contribution in [0.5, 0.6) is 0 Å². The van der Waals surface area contributed by atoms with Crippen molar-refractivity contribution >= 4 is 11.9 Å². The maximum Gasteiger partial charge on any atom is 0.325 e. The number of esters is 1. The van der Waals surface area contributed by atoms with Crippen LogP contribution in [0.25, 0.3) is 0 Å². The number of nitrogens with zero attached hydrogens (tertiary/aromatic N) is 1. The average molecular weight is 327 g/mol. The molecule has 1 amide bonds. The molecule has 0 aromatic heterocycles. The molecule has 3 rings (SSSR count). The lowest BCUT2D eigenvalue weighted by Crippen LogP contribution is -2.35. The summed E-state index contributed by atoms with van der Waals surface area (Å²) in [5.74, 6) is 0.738. The Bertz CT molecular complexity index is 643. The topological polar surface area (TPSA) is 46.6 Å². The van der Waals surface area contributed by atoms with Crippen molar-refractivity contribution in [2.24, 2.45) is 11.8 Å². The third-order valence-corrected chi connectivity index (χ3v) is 4.87. The van der Waals surface area contributed by atoms with Crippen molar-refractivity contribution in [2.75, 3.05) is 13.7 Å². The minimum Gasteiger partial charge on any atom is -0.468 e. The van der Waals surface area contributed by atoms with E-state index in [0.29, 0.717) is 18.4 Å². The Labute approximate surface area is 143 Å². The van der Waals surface area contributed by atoms with Crippen LogP contribution in [0.1, 0.15) is 36.8 Å². The van der Waals surface area contributed by atoms with Crippen LogP contribution in [0.2, 0.25) is 0 Å². The van der Waals surface area contributed by atoms with E-state index in [1.165, 1.54) is 38.4 Å². The summed E-state index contributed by atoms with van der Waals surface area (Å²) in [6.07, 6.45) is 6.60.